The highest BCUT2D eigenvalue weighted by Gasteiger charge is 2.17. The Labute approximate surface area is 129 Å². The van der Waals surface area contributed by atoms with Crippen molar-refractivity contribution in [3.8, 4) is 11.4 Å². The molecule has 0 bridgehead atoms. The number of carbonyl (C=O) groups is 1. The number of ether oxygens (including phenoxy) is 1. The second-order valence-corrected chi connectivity index (χ2v) is 5.55. The summed E-state index contributed by atoms with van der Waals surface area (Å²) in [5.41, 5.74) is 2.80. The van der Waals surface area contributed by atoms with Gasteiger partial charge in [0.25, 0.3) is 0 Å². The van der Waals surface area contributed by atoms with E-state index in [1.54, 1.807) is 13.2 Å². The molecule has 0 fully saturated rings. The third-order valence-electron chi connectivity index (χ3n) is 3.63. The smallest absolute Gasteiger partial charge is 0.335 e. The van der Waals surface area contributed by atoms with E-state index in [0.29, 0.717) is 30.0 Å². The fourth-order valence-electron chi connectivity index (χ4n) is 2.42. The van der Waals surface area contributed by atoms with Crippen molar-refractivity contribution >= 4 is 5.97 Å². The van der Waals surface area contributed by atoms with E-state index in [4.69, 9.17) is 4.74 Å². The van der Waals surface area contributed by atoms with Crippen LogP contribution < -0.4 is 0 Å². The number of benzene rings is 1. The molecule has 6 heteroatoms. The standard InChI is InChI=1S/C16H21N3O3/c1-9(2)12-7-11(8-13(10(12)3)16(20)21)15-17-14(18-19-15)5-6-22-4/h7-9H,5-6H2,1-4H3,(H,20,21)(H,17,18,19). The zero-order chi connectivity index (χ0) is 16.3. The minimum atomic E-state index is -0.934. The number of aromatic nitrogens is 3. The van der Waals surface area contributed by atoms with Gasteiger partial charge in [0.15, 0.2) is 5.82 Å². The summed E-state index contributed by atoms with van der Waals surface area (Å²) in [5.74, 6) is 0.525. The van der Waals surface area contributed by atoms with Crippen molar-refractivity contribution in [3.05, 3.63) is 34.6 Å². The van der Waals surface area contributed by atoms with Gasteiger partial charge in [0, 0.05) is 19.1 Å². The quantitative estimate of drug-likeness (QED) is 0.856. The van der Waals surface area contributed by atoms with Crippen molar-refractivity contribution in [2.45, 2.75) is 33.1 Å². The molecule has 1 aromatic carbocycles. The van der Waals surface area contributed by atoms with Gasteiger partial charge in [0.05, 0.1) is 12.2 Å². The molecule has 0 spiro atoms. The molecule has 0 atom stereocenters. The van der Waals surface area contributed by atoms with Gasteiger partial charge in [0.2, 0.25) is 0 Å². The van der Waals surface area contributed by atoms with E-state index in [1.165, 1.54) is 0 Å². The molecule has 1 aromatic heterocycles. The summed E-state index contributed by atoms with van der Waals surface area (Å²) < 4.78 is 5.01. The van der Waals surface area contributed by atoms with E-state index in [1.807, 2.05) is 26.8 Å². The van der Waals surface area contributed by atoms with E-state index in [2.05, 4.69) is 15.2 Å². The van der Waals surface area contributed by atoms with Crippen LogP contribution in [-0.2, 0) is 11.2 Å². The summed E-state index contributed by atoms with van der Waals surface area (Å²) in [7, 11) is 1.63. The van der Waals surface area contributed by atoms with Crippen LogP contribution in [0.15, 0.2) is 12.1 Å². The molecule has 1 heterocycles. The van der Waals surface area contributed by atoms with Crippen LogP contribution in [0.5, 0.6) is 0 Å². The molecular weight excluding hydrogens is 282 g/mol. The van der Waals surface area contributed by atoms with Gasteiger partial charge in [-0.2, -0.15) is 5.10 Å². The van der Waals surface area contributed by atoms with Crippen molar-refractivity contribution in [3.63, 3.8) is 0 Å². The van der Waals surface area contributed by atoms with E-state index in [0.717, 1.165) is 17.0 Å². The molecule has 0 unspecified atom stereocenters. The predicted molar refractivity (Wildman–Crippen MR) is 83.2 cm³/mol. The van der Waals surface area contributed by atoms with E-state index in [-0.39, 0.29) is 5.92 Å². The van der Waals surface area contributed by atoms with Crippen LogP contribution in [0, 0.1) is 6.92 Å². The monoisotopic (exact) mass is 303 g/mol. The Kier molecular flexibility index (Phi) is 4.92. The maximum atomic E-state index is 11.5. The maximum Gasteiger partial charge on any atom is 0.335 e. The van der Waals surface area contributed by atoms with E-state index in [9.17, 15) is 9.90 Å². The summed E-state index contributed by atoms with van der Waals surface area (Å²) in [5, 5.41) is 16.4. The molecule has 0 radical (unpaired) electrons. The number of H-pyrrole nitrogens is 1. The first-order chi connectivity index (χ1) is 10.4. The normalized spacial score (nSPS) is 11.1. The maximum absolute atomic E-state index is 11.5. The highest BCUT2D eigenvalue weighted by atomic mass is 16.5. The Balaban J connectivity index is 2.46. The van der Waals surface area contributed by atoms with Crippen molar-refractivity contribution in [1.82, 2.24) is 15.2 Å². The highest BCUT2D eigenvalue weighted by Crippen LogP contribution is 2.28. The van der Waals surface area contributed by atoms with Crippen molar-refractivity contribution in [1.29, 1.82) is 0 Å². The van der Waals surface area contributed by atoms with Crippen LogP contribution in [0.25, 0.3) is 11.4 Å². The third-order valence-corrected chi connectivity index (χ3v) is 3.63. The Bertz CT molecular complexity index is 677. The van der Waals surface area contributed by atoms with Crippen molar-refractivity contribution < 1.29 is 14.6 Å². The lowest BCUT2D eigenvalue weighted by Gasteiger charge is -2.13. The number of hydrogen-bond acceptors (Lipinski definition) is 4. The Morgan fingerprint density at radius 2 is 2.14 bits per heavy atom. The van der Waals surface area contributed by atoms with Gasteiger partial charge in [-0.15, -0.1) is 0 Å². The summed E-state index contributed by atoms with van der Waals surface area (Å²) in [6.45, 7) is 6.48. The lowest BCUT2D eigenvalue weighted by atomic mass is 9.91. The van der Waals surface area contributed by atoms with Crippen molar-refractivity contribution in [2.75, 3.05) is 13.7 Å². The number of nitrogens with one attached hydrogen (secondary N) is 1. The lowest BCUT2D eigenvalue weighted by Crippen LogP contribution is -2.05. The molecule has 6 nitrogen and oxygen atoms in total. The minimum Gasteiger partial charge on any atom is -0.478 e. The molecule has 2 N–H and O–H groups in total. The summed E-state index contributed by atoms with van der Waals surface area (Å²) in [4.78, 5) is 15.9. The zero-order valence-electron chi connectivity index (χ0n) is 13.3. The molecular formula is C16H21N3O3. The van der Waals surface area contributed by atoms with E-state index >= 15 is 0 Å². The second-order valence-electron chi connectivity index (χ2n) is 5.55. The molecule has 2 rings (SSSR count). The number of methoxy groups -OCH3 is 1. The van der Waals surface area contributed by atoms with Crippen LogP contribution in [-0.4, -0.2) is 40.0 Å². The molecule has 0 aliphatic carbocycles. The van der Waals surface area contributed by atoms with Crippen LogP contribution >= 0.6 is 0 Å². The molecule has 118 valence electrons. The number of aromatic amines is 1. The van der Waals surface area contributed by atoms with Gasteiger partial charge >= 0.3 is 5.97 Å². The Hall–Kier alpha value is -2.21. The number of hydrogen-bond donors (Lipinski definition) is 2. The van der Waals surface area contributed by atoms with Gasteiger partial charge < -0.3 is 9.84 Å². The van der Waals surface area contributed by atoms with E-state index < -0.39 is 5.97 Å². The zero-order valence-corrected chi connectivity index (χ0v) is 13.3. The number of nitrogens with zero attached hydrogens (tertiary/aromatic N) is 2. The molecule has 0 aliphatic rings. The molecule has 22 heavy (non-hydrogen) atoms. The van der Waals surface area contributed by atoms with Crippen molar-refractivity contribution in [2.24, 2.45) is 0 Å². The third kappa shape index (κ3) is 3.33. The van der Waals surface area contributed by atoms with Gasteiger partial charge in [-0.1, -0.05) is 13.8 Å². The number of carboxylic acid groups (broad SMARTS) is 1. The van der Waals surface area contributed by atoms with Crippen LogP contribution in [0.4, 0.5) is 0 Å². The molecule has 0 saturated carbocycles. The SMILES string of the molecule is COCCc1nc(-c2cc(C(=O)O)c(C)c(C(C)C)c2)n[nH]1. The topological polar surface area (TPSA) is 88.1 Å². The summed E-state index contributed by atoms with van der Waals surface area (Å²) in [6.07, 6.45) is 0.637. The van der Waals surface area contributed by atoms with Crippen LogP contribution in [0.3, 0.4) is 0 Å². The first-order valence-corrected chi connectivity index (χ1v) is 7.22. The van der Waals surface area contributed by atoms with Gasteiger partial charge in [-0.25, -0.2) is 9.78 Å². The molecule has 0 amide bonds. The summed E-state index contributed by atoms with van der Waals surface area (Å²) in [6, 6.07) is 3.60. The fraction of sp³-hybridized carbons (Fsp3) is 0.438. The van der Waals surface area contributed by atoms with Gasteiger partial charge in [-0.05, 0) is 36.1 Å². The average Bonchev–Trinajstić information content (AvgIpc) is 2.93. The number of carboxylic acids is 1. The van der Waals surface area contributed by atoms with Gasteiger partial charge in [0.1, 0.15) is 5.82 Å². The predicted octanol–water partition coefficient (Wildman–Crippen LogP) is 2.79. The lowest BCUT2D eigenvalue weighted by molar-refractivity contribution is 0.0696. The van der Waals surface area contributed by atoms with Crippen LogP contribution in [0.1, 0.15) is 47.1 Å². The first-order valence-electron chi connectivity index (χ1n) is 7.22. The first kappa shape index (κ1) is 16.2. The Morgan fingerprint density at radius 1 is 1.41 bits per heavy atom. The van der Waals surface area contributed by atoms with Gasteiger partial charge in [-0.3, -0.25) is 5.10 Å². The second kappa shape index (κ2) is 6.70. The Morgan fingerprint density at radius 3 is 2.73 bits per heavy atom. The molecule has 0 aliphatic heterocycles. The largest absolute Gasteiger partial charge is 0.478 e. The highest BCUT2D eigenvalue weighted by molar-refractivity contribution is 5.91. The van der Waals surface area contributed by atoms with Crippen LogP contribution in [0.2, 0.25) is 0 Å². The minimum absolute atomic E-state index is 0.227. The number of aromatic carboxylic acids is 1. The fourth-order valence-corrected chi connectivity index (χ4v) is 2.42. The molecule has 2 aromatic rings. The summed E-state index contributed by atoms with van der Waals surface area (Å²) >= 11 is 0. The number of rotatable bonds is 6. The average molecular weight is 303 g/mol. The molecule has 0 saturated heterocycles.